The summed E-state index contributed by atoms with van der Waals surface area (Å²) in [4.78, 5) is 16.1. The van der Waals surface area contributed by atoms with Crippen molar-refractivity contribution in [3.05, 3.63) is 53.3 Å². The van der Waals surface area contributed by atoms with Crippen LogP contribution in [0.2, 0.25) is 0 Å². The summed E-state index contributed by atoms with van der Waals surface area (Å²) in [5.41, 5.74) is 7.45. The minimum atomic E-state index is -0.558. The van der Waals surface area contributed by atoms with Gasteiger partial charge >= 0.3 is 0 Å². The molecule has 2 rings (SSSR count). The fourth-order valence-corrected chi connectivity index (χ4v) is 2.07. The van der Waals surface area contributed by atoms with Gasteiger partial charge in [0.05, 0.1) is 18.4 Å². The highest BCUT2D eigenvalue weighted by molar-refractivity contribution is 5.96. The number of hydrogen-bond acceptors (Lipinski definition) is 4. The van der Waals surface area contributed by atoms with Crippen LogP contribution in [-0.2, 0) is 6.61 Å². The molecule has 0 radical (unpaired) electrons. The van der Waals surface area contributed by atoms with Gasteiger partial charge in [-0.3, -0.25) is 9.78 Å². The summed E-state index contributed by atoms with van der Waals surface area (Å²) in [7, 11) is 1.52. The van der Waals surface area contributed by atoms with Crippen molar-refractivity contribution in [1.29, 1.82) is 0 Å². The van der Waals surface area contributed by atoms with Gasteiger partial charge in [0.2, 0.25) is 0 Å². The molecule has 0 aliphatic rings. The zero-order valence-electron chi connectivity index (χ0n) is 13.0. The lowest BCUT2D eigenvalue weighted by Crippen LogP contribution is -2.14. The van der Waals surface area contributed by atoms with Crippen LogP contribution in [0.5, 0.6) is 11.5 Å². The highest BCUT2D eigenvalue weighted by Gasteiger charge is 2.15. The van der Waals surface area contributed by atoms with Crippen molar-refractivity contribution >= 4 is 5.91 Å². The second-order valence-corrected chi connectivity index (χ2v) is 5.20. The number of nitrogens with zero attached hydrogens (tertiary/aromatic N) is 1. The maximum atomic E-state index is 11.5. The van der Waals surface area contributed by atoms with Crippen LogP contribution in [0.25, 0.3) is 0 Å². The third-order valence-corrected chi connectivity index (χ3v) is 3.25. The molecular weight excluding hydrogens is 280 g/mol. The number of carbonyl (C=O) groups excluding carboxylic acids is 1. The van der Waals surface area contributed by atoms with Gasteiger partial charge in [0.15, 0.2) is 11.5 Å². The van der Waals surface area contributed by atoms with Gasteiger partial charge in [-0.05, 0) is 30.2 Å². The topological polar surface area (TPSA) is 74.4 Å². The zero-order chi connectivity index (χ0) is 16.1. The lowest BCUT2D eigenvalue weighted by atomic mass is 10.1. The summed E-state index contributed by atoms with van der Waals surface area (Å²) in [5, 5.41) is 0. The minimum Gasteiger partial charge on any atom is -0.493 e. The van der Waals surface area contributed by atoms with Crippen LogP contribution in [-0.4, -0.2) is 18.0 Å². The molecule has 2 N–H and O–H groups in total. The quantitative estimate of drug-likeness (QED) is 0.890. The van der Waals surface area contributed by atoms with Gasteiger partial charge in [-0.1, -0.05) is 26.0 Å². The number of carbonyl (C=O) groups is 1. The number of methoxy groups -OCH3 is 1. The Bertz CT molecular complexity index is 669. The van der Waals surface area contributed by atoms with Crippen molar-refractivity contribution in [1.82, 2.24) is 4.98 Å². The Kier molecular flexibility index (Phi) is 4.99. The number of aromatic nitrogens is 1. The fourth-order valence-electron chi connectivity index (χ4n) is 2.07. The molecule has 0 saturated carbocycles. The zero-order valence-corrected chi connectivity index (χ0v) is 13.0. The molecule has 1 aromatic carbocycles. The molecule has 1 amide bonds. The lowest BCUT2D eigenvalue weighted by molar-refractivity contribution is 0.0995. The molecule has 0 bridgehead atoms. The predicted octanol–water partition coefficient (Wildman–Crippen LogP) is 2.89. The molecule has 0 spiro atoms. The van der Waals surface area contributed by atoms with E-state index < -0.39 is 5.91 Å². The number of rotatable bonds is 6. The predicted molar refractivity (Wildman–Crippen MR) is 84.2 cm³/mol. The van der Waals surface area contributed by atoms with E-state index in [0.717, 1.165) is 11.4 Å². The van der Waals surface area contributed by atoms with E-state index in [-0.39, 0.29) is 6.61 Å². The first-order valence-corrected chi connectivity index (χ1v) is 7.08. The second kappa shape index (κ2) is 6.93. The summed E-state index contributed by atoms with van der Waals surface area (Å²) >= 11 is 0. The Morgan fingerprint density at radius 3 is 2.59 bits per heavy atom. The Morgan fingerprint density at radius 2 is 1.95 bits per heavy atom. The molecule has 0 atom stereocenters. The van der Waals surface area contributed by atoms with Gasteiger partial charge in [-0.15, -0.1) is 0 Å². The van der Waals surface area contributed by atoms with Gasteiger partial charge in [0, 0.05) is 5.69 Å². The van der Waals surface area contributed by atoms with Crippen LogP contribution in [0.1, 0.15) is 41.5 Å². The largest absolute Gasteiger partial charge is 0.493 e. The molecule has 5 nitrogen and oxygen atoms in total. The SMILES string of the molecule is COc1cccc(C(N)=O)c1OCc1cccc(C(C)C)n1. The number of ether oxygens (including phenoxy) is 2. The molecule has 1 heterocycles. The molecule has 1 aromatic heterocycles. The van der Waals surface area contributed by atoms with Crippen molar-refractivity contribution in [3.63, 3.8) is 0 Å². The molecule has 0 saturated heterocycles. The Balaban J connectivity index is 2.24. The van der Waals surface area contributed by atoms with E-state index in [1.807, 2.05) is 18.2 Å². The number of benzene rings is 1. The molecule has 22 heavy (non-hydrogen) atoms. The molecule has 0 unspecified atom stereocenters. The van der Waals surface area contributed by atoms with Crippen LogP contribution in [0.15, 0.2) is 36.4 Å². The van der Waals surface area contributed by atoms with E-state index in [9.17, 15) is 4.79 Å². The molecule has 0 fully saturated rings. The van der Waals surface area contributed by atoms with E-state index in [1.165, 1.54) is 7.11 Å². The maximum absolute atomic E-state index is 11.5. The van der Waals surface area contributed by atoms with Crippen molar-refractivity contribution in [2.24, 2.45) is 5.73 Å². The minimum absolute atomic E-state index is 0.237. The average Bonchev–Trinajstić information content (AvgIpc) is 2.52. The monoisotopic (exact) mass is 300 g/mol. The smallest absolute Gasteiger partial charge is 0.252 e. The molecule has 0 aliphatic heterocycles. The molecule has 5 heteroatoms. The highest BCUT2D eigenvalue weighted by atomic mass is 16.5. The van der Waals surface area contributed by atoms with Gasteiger partial charge in [-0.2, -0.15) is 0 Å². The van der Waals surface area contributed by atoms with Crippen LogP contribution in [0, 0.1) is 0 Å². The third-order valence-electron chi connectivity index (χ3n) is 3.25. The summed E-state index contributed by atoms with van der Waals surface area (Å²) in [5.74, 6) is 0.593. The first-order valence-electron chi connectivity index (χ1n) is 7.08. The molecule has 116 valence electrons. The van der Waals surface area contributed by atoms with Gasteiger partial charge in [0.1, 0.15) is 6.61 Å². The van der Waals surface area contributed by atoms with E-state index in [1.54, 1.807) is 18.2 Å². The van der Waals surface area contributed by atoms with E-state index in [0.29, 0.717) is 23.0 Å². The Labute approximate surface area is 130 Å². The van der Waals surface area contributed by atoms with Gasteiger partial charge < -0.3 is 15.2 Å². The summed E-state index contributed by atoms with van der Waals surface area (Å²) in [6.45, 7) is 4.40. The average molecular weight is 300 g/mol. The normalized spacial score (nSPS) is 10.5. The van der Waals surface area contributed by atoms with Crippen molar-refractivity contribution < 1.29 is 14.3 Å². The first kappa shape index (κ1) is 15.8. The maximum Gasteiger partial charge on any atom is 0.252 e. The van der Waals surface area contributed by atoms with E-state index in [2.05, 4.69) is 18.8 Å². The second-order valence-electron chi connectivity index (χ2n) is 5.20. The number of pyridine rings is 1. The molecular formula is C17H20N2O3. The standard InChI is InChI=1S/C17H20N2O3/c1-11(2)14-8-4-6-12(19-14)10-22-16-13(17(18)20)7-5-9-15(16)21-3/h4-9,11H,10H2,1-3H3,(H2,18,20). The van der Waals surface area contributed by atoms with Crippen molar-refractivity contribution in [2.75, 3.05) is 7.11 Å². The number of primary amides is 1. The van der Waals surface area contributed by atoms with E-state index in [4.69, 9.17) is 15.2 Å². The fraction of sp³-hybridized carbons (Fsp3) is 0.294. The van der Waals surface area contributed by atoms with Gasteiger partial charge in [-0.25, -0.2) is 0 Å². The Morgan fingerprint density at radius 1 is 1.23 bits per heavy atom. The summed E-state index contributed by atoms with van der Waals surface area (Å²) < 4.78 is 11.0. The lowest BCUT2D eigenvalue weighted by Gasteiger charge is -2.14. The van der Waals surface area contributed by atoms with Crippen LogP contribution in [0.3, 0.4) is 0 Å². The number of hydrogen-bond donors (Lipinski definition) is 1. The van der Waals surface area contributed by atoms with Crippen molar-refractivity contribution in [2.45, 2.75) is 26.4 Å². The third kappa shape index (κ3) is 3.55. The summed E-state index contributed by atoms with van der Waals surface area (Å²) in [6.07, 6.45) is 0. The molecule has 2 aromatic rings. The van der Waals surface area contributed by atoms with Crippen LogP contribution >= 0.6 is 0 Å². The first-order chi connectivity index (χ1) is 10.5. The Hall–Kier alpha value is -2.56. The van der Waals surface area contributed by atoms with E-state index >= 15 is 0 Å². The summed E-state index contributed by atoms with van der Waals surface area (Å²) in [6, 6.07) is 10.8. The number of para-hydroxylation sites is 1. The van der Waals surface area contributed by atoms with Crippen LogP contribution in [0.4, 0.5) is 0 Å². The van der Waals surface area contributed by atoms with Crippen molar-refractivity contribution in [3.8, 4) is 11.5 Å². The van der Waals surface area contributed by atoms with Gasteiger partial charge in [0.25, 0.3) is 5.91 Å². The number of nitrogens with two attached hydrogens (primary N) is 1. The number of amides is 1. The van der Waals surface area contributed by atoms with Crippen LogP contribution < -0.4 is 15.2 Å². The highest BCUT2D eigenvalue weighted by Crippen LogP contribution is 2.31. The molecule has 0 aliphatic carbocycles.